The second-order valence-electron chi connectivity index (χ2n) is 4.61. The highest BCUT2D eigenvalue weighted by Gasteiger charge is 2.14. The van der Waals surface area contributed by atoms with Gasteiger partial charge < -0.3 is 5.73 Å². The number of aromatic nitrogens is 2. The number of halogens is 1. The van der Waals surface area contributed by atoms with Crippen LogP contribution in [0.25, 0.3) is 0 Å². The van der Waals surface area contributed by atoms with Crippen molar-refractivity contribution in [2.75, 3.05) is 0 Å². The molecule has 2 N–H and O–H groups in total. The Labute approximate surface area is 103 Å². The third-order valence-electron chi connectivity index (χ3n) is 3.02. The van der Waals surface area contributed by atoms with Gasteiger partial charge in [0.2, 0.25) is 0 Å². The molecule has 0 spiro atoms. The number of hydrogen-bond donors (Lipinski definition) is 1. The summed E-state index contributed by atoms with van der Waals surface area (Å²) in [4.78, 5) is 0. The fraction of sp³-hybridized carbons (Fsp3) is 0.750. The van der Waals surface area contributed by atoms with Crippen molar-refractivity contribution >= 4 is 11.6 Å². The largest absolute Gasteiger partial charge is 0.327 e. The normalized spacial score (nSPS) is 13.4. The zero-order chi connectivity index (χ0) is 12.3. The molecule has 1 atom stereocenters. The Morgan fingerprint density at radius 1 is 1.44 bits per heavy atom. The van der Waals surface area contributed by atoms with Crippen molar-refractivity contribution in [3.8, 4) is 0 Å². The molecule has 1 aromatic heterocycles. The molecule has 0 saturated carbocycles. The predicted octanol–water partition coefficient (Wildman–Crippen LogP) is 2.78. The van der Waals surface area contributed by atoms with Crippen molar-refractivity contribution in [1.29, 1.82) is 0 Å². The SMILES string of the molecule is CCn1nc(C)c(Cl)c1CCC(N)C(C)C. The van der Waals surface area contributed by atoms with Crippen LogP contribution < -0.4 is 5.73 Å². The Kier molecular flexibility index (Phi) is 4.81. The molecule has 0 fully saturated rings. The van der Waals surface area contributed by atoms with Crippen LogP contribution in [0.5, 0.6) is 0 Å². The number of nitrogens with zero attached hydrogens (tertiary/aromatic N) is 2. The Bertz CT molecular complexity index is 344. The molecular weight excluding hydrogens is 222 g/mol. The maximum Gasteiger partial charge on any atom is 0.0847 e. The minimum atomic E-state index is 0.233. The lowest BCUT2D eigenvalue weighted by Gasteiger charge is -2.15. The molecular formula is C12H22ClN3. The van der Waals surface area contributed by atoms with E-state index in [1.54, 1.807) is 0 Å². The van der Waals surface area contributed by atoms with Crippen molar-refractivity contribution in [2.24, 2.45) is 11.7 Å². The van der Waals surface area contributed by atoms with Gasteiger partial charge in [0.05, 0.1) is 16.4 Å². The number of aryl methyl sites for hydroxylation is 2. The molecule has 0 aromatic carbocycles. The third kappa shape index (κ3) is 2.98. The standard InChI is InChI=1S/C12H22ClN3/c1-5-16-11(12(13)9(4)15-16)7-6-10(14)8(2)3/h8,10H,5-7,14H2,1-4H3. The molecule has 0 aliphatic rings. The molecule has 4 heteroatoms. The van der Waals surface area contributed by atoms with Gasteiger partial charge in [0.25, 0.3) is 0 Å². The highest BCUT2D eigenvalue weighted by atomic mass is 35.5. The van der Waals surface area contributed by atoms with Gasteiger partial charge >= 0.3 is 0 Å². The van der Waals surface area contributed by atoms with E-state index in [0.29, 0.717) is 5.92 Å². The molecule has 3 nitrogen and oxygen atoms in total. The first-order valence-electron chi connectivity index (χ1n) is 5.94. The smallest absolute Gasteiger partial charge is 0.0847 e. The van der Waals surface area contributed by atoms with Gasteiger partial charge in [-0.15, -0.1) is 0 Å². The number of nitrogens with two attached hydrogens (primary N) is 1. The van der Waals surface area contributed by atoms with E-state index in [2.05, 4.69) is 25.9 Å². The molecule has 92 valence electrons. The van der Waals surface area contributed by atoms with E-state index in [9.17, 15) is 0 Å². The van der Waals surface area contributed by atoms with E-state index in [1.165, 1.54) is 0 Å². The lowest BCUT2D eigenvalue weighted by molar-refractivity contribution is 0.456. The van der Waals surface area contributed by atoms with Crippen LogP contribution in [0.4, 0.5) is 0 Å². The summed E-state index contributed by atoms with van der Waals surface area (Å²) in [6, 6.07) is 0.233. The second kappa shape index (κ2) is 5.69. The molecule has 0 aliphatic carbocycles. The topological polar surface area (TPSA) is 43.8 Å². The van der Waals surface area contributed by atoms with Gasteiger partial charge in [-0.3, -0.25) is 4.68 Å². The van der Waals surface area contributed by atoms with Crippen molar-refractivity contribution in [3.63, 3.8) is 0 Å². The van der Waals surface area contributed by atoms with Crippen molar-refractivity contribution in [2.45, 2.75) is 53.1 Å². The summed E-state index contributed by atoms with van der Waals surface area (Å²) in [6.45, 7) is 9.18. The molecule has 0 radical (unpaired) electrons. The molecule has 1 heterocycles. The first-order chi connectivity index (χ1) is 7.47. The zero-order valence-electron chi connectivity index (χ0n) is 10.6. The molecule has 1 aromatic rings. The van der Waals surface area contributed by atoms with Gasteiger partial charge in [-0.05, 0) is 32.6 Å². The van der Waals surface area contributed by atoms with Gasteiger partial charge in [0.1, 0.15) is 0 Å². The quantitative estimate of drug-likeness (QED) is 0.864. The number of hydrogen-bond acceptors (Lipinski definition) is 2. The van der Waals surface area contributed by atoms with Crippen LogP contribution in [0.2, 0.25) is 5.02 Å². The molecule has 0 saturated heterocycles. The summed E-state index contributed by atoms with van der Waals surface area (Å²) in [7, 11) is 0. The van der Waals surface area contributed by atoms with Gasteiger partial charge in [-0.2, -0.15) is 5.10 Å². The summed E-state index contributed by atoms with van der Waals surface area (Å²) in [5, 5.41) is 5.20. The Morgan fingerprint density at radius 2 is 2.06 bits per heavy atom. The van der Waals surface area contributed by atoms with E-state index in [0.717, 1.165) is 35.8 Å². The van der Waals surface area contributed by atoms with Crippen LogP contribution in [0.3, 0.4) is 0 Å². The highest BCUT2D eigenvalue weighted by molar-refractivity contribution is 6.31. The second-order valence-corrected chi connectivity index (χ2v) is 4.99. The first kappa shape index (κ1) is 13.5. The lowest BCUT2D eigenvalue weighted by Crippen LogP contribution is -2.27. The number of rotatable bonds is 5. The molecule has 1 rings (SSSR count). The average Bonchev–Trinajstić information content (AvgIpc) is 2.51. The molecule has 0 amide bonds. The van der Waals surface area contributed by atoms with Crippen LogP contribution in [0, 0.1) is 12.8 Å². The maximum atomic E-state index is 6.23. The van der Waals surface area contributed by atoms with Crippen molar-refractivity contribution in [3.05, 3.63) is 16.4 Å². The third-order valence-corrected chi connectivity index (χ3v) is 3.52. The van der Waals surface area contributed by atoms with Crippen LogP contribution in [0.15, 0.2) is 0 Å². The summed E-state index contributed by atoms with van der Waals surface area (Å²) in [5.74, 6) is 0.512. The van der Waals surface area contributed by atoms with E-state index in [1.807, 2.05) is 11.6 Å². The van der Waals surface area contributed by atoms with Crippen LogP contribution in [-0.2, 0) is 13.0 Å². The predicted molar refractivity (Wildman–Crippen MR) is 68.8 cm³/mol. The fourth-order valence-electron chi connectivity index (χ4n) is 1.74. The highest BCUT2D eigenvalue weighted by Crippen LogP contribution is 2.22. The minimum absolute atomic E-state index is 0.233. The van der Waals surface area contributed by atoms with Crippen molar-refractivity contribution in [1.82, 2.24) is 9.78 Å². The first-order valence-corrected chi connectivity index (χ1v) is 6.32. The van der Waals surface area contributed by atoms with Crippen LogP contribution >= 0.6 is 11.6 Å². The summed E-state index contributed by atoms with van der Waals surface area (Å²) < 4.78 is 1.98. The van der Waals surface area contributed by atoms with E-state index in [-0.39, 0.29) is 6.04 Å². The molecule has 1 unspecified atom stereocenters. The maximum absolute atomic E-state index is 6.23. The summed E-state index contributed by atoms with van der Waals surface area (Å²) in [6.07, 6.45) is 1.87. The van der Waals surface area contributed by atoms with Gasteiger partial charge in [0.15, 0.2) is 0 Å². The van der Waals surface area contributed by atoms with E-state index in [4.69, 9.17) is 17.3 Å². The zero-order valence-corrected chi connectivity index (χ0v) is 11.4. The summed E-state index contributed by atoms with van der Waals surface area (Å²) >= 11 is 6.23. The van der Waals surface area contributed by atoms with Crippen LogP contribution in [0.1, 0.15) is 38.6 Å². The average molecular weight is 244 g/mol. The van der Waals surface area contributed by atoms with E-state index >= 15 is 0 Å². The minimum Gasteiger partial charge on any atom is -0.327 e. The van der Waals surface area contributed by atoms with Gasteiger partial charge in [-0.1, -0.05) is 25.4 Å². The van der Waals surface area contributed by atoms with Gasteiger partial charge in [0, 0.05) is 12.6 Å². The molecule has 16 heavy (non-hydrogen) atoms. The summed E-state index contributed by atoms with van der Waals surface area (Å²) in [5.41, 5.74) is 8.08. The van der Waals surface area contributed by atoms with Crippen LogP contribution in [-0.4, -0.2) is 15.8 Å². The molecule has 0 bridgehead atoms. The van der Waals surface area contributed by atoms with E-state index < -0.39 is 0 Å². The Hall–Kier alpha value is -0.540. The van der Waals surface area contributed by atoms with Crippen molar-refractivity contribution < 1.29 is 0 Å². The Morgan fingerprint density at radius 3 is 2.56 bits per heavy atom. The van der Waals surface area contributed by atoms with Gasteiger partial charge in [-0.25, -0.2) is 0 Å². The fourth-order valence-corrected chi connectivity index (χ4v) is 1.97. The monoisotopic (exact) mass is 243 g/mol. The lowest BCUT2D eigenvalue weighted by atomic mass is 9.99. The molecule has 0 aliphatic heterocycles. The Balaban J connectivity index is 2.73.